The molecule has 0 radical (unpaired) electrons. The molecule has 0 saturated carbocycles. The number of ether oxygens (including phenoxy) is 2. The number of nitrogens with zero attached hydrogens (tertiary/aromatic N) is 3. The van der Waals surface area contributed by atoms with Crippen molar-refractivity contribution in [2.75, 3.05) is 19.0 Å². The van der Waals surface area contributed by atoms with Crippen LogP contribution in [0.1, 0.15) is 28.7 Å². The Kier molecular flexibility index (Phi) is 5.62. The average Bonchev–Trinajstić information content (AvgIpc) is 3.13. The van der Waals surface area contributed by atoms with E-state index in [4.69, 9.17) is 9.47 Å². The number of fused-ring (bicyclic) bond motifs is 1. The van der Waals surface area contributed by atoms with Gasteiger partial charge in [0.2, 0.25) is 0 Å². The molecule has 28 heavy (non-hydrogen) atoms. The Hall–Kier alpha value is -2.80. The molecule has 0 bridgehead atoms. The van der Waals surface area contributed by atoms with Gasteiger partial charge in [0, 0.05) is 18.5 Å². The second-order valence-corrected chi connectivity index (χ2v) is 7.32. The number of benzene rings is 2. The normalized spacial score (nSPS) is 12.8. The minimum atomic E-state index is 0.0252. The minimum absolute atomic E-state index is 0.0252. The summed E-state index contributed by atoms with van der Waals surface area (Å²) in [5, 5.41) is 9.40. The van der Waals surface area contributed by atoms with E-state index in [1.54, 1.807) is 18.2 Å². The predicted octanol–water partition coefficient (Wildman–Crippen LogP) is 3.64. The number of hydrogen-bond donors (Lipinski definition) is 0. The monoisotopic (exact) mass is 395 g/mol. The van der Waals surface area contributed by atoms with E-state index in [9.17, 15) is 4.79 Å². The molecule has 7 heteroatoms. The molecule has 0 unspecified atom stereocenters. The lowest BCUT2D eigenvalue weighted by atomic mass is 10.1. The Morgan fingerprint density at radius 2 is 1.86 bits per heavy atom. The van der Waals surface area contributed by atoms with Crippen LogP contribution in [0.5, 0.6) is 11.5 Å². The van der Waals surface area contributed by atoms with Crippen LogP contribution in [-0.4, -0.2) is 39.5 Å². The maximum absolute atomic E-state index is 12.6. The van der Waals surface area contributed by atoms with Gasteiger partial charge in [0.1, 0.15) is 19.0 Å². The molecular formula is C21H21N3O3S. The number of carbonyl (C=O) groups is 1. The first-order valence-electron chi connectivity index (χ1n) is 9.26. The number of thioether (sulfide) groups is 1. The number of ketones is 1. The van der Waals surface area contributed by atoms with E-state index in [1.807, 2.05) is 18.2 Å². The van der Waals surface area contributed by atoms with Gasteiger partial charge in [0.05, 0.1) is 5.75 Å². The largest absolute Gasteiger partial charge is 0.486 e. The van der Waals surface area contributed by atoms with Crippen LogP contribution in [0.15, 0.2) is 53.7 Å². The maximum atomic E-state index is 12.6. The van der Waals surface area contributed by atoms with Gasteiger partial charge >= 0.3 is 0 Å². The fraction of sp³-hybridized carbons (Fsp3) is 0.286. The number of hydrogen-bond acceptors (Lipinski definition) is 6. The summed E-state index contributed by atoms with van der Waals surface area (Å²) in [6, 6.07) is 15.5. The number of Topliss-reactive ketones (excluding diaryl/α,β-unsaturated/α-hetero) is 1. The highest BCUT2D eigenvalue weighted by Gasteiger charge is 2.17. The van der Waals surface area contributed by atoms with Crippen LogP contribution in [0.4, 0.5) is 0 Å². The van der Waals surface area contributed by atoms with E-state index in [0.29, 0.717) is 36.0 Å². The van der Waals surface area contributed by atoms with Crippen molar-refractivity contribution in [1.82, 2.24) is 14.8 Å². The molecule has 1 aromatic heterocycles. The lowest BCUT2D eigenvalue weighted by Crippen LogP contribution is -2.16. The molecule has 0 fully saturated rings. The van der Waals surface area contributed by atoms with Crippen LogP contribution in [0.3, 0.4) is 0 Å². The van der Waals surface area contributed by atoms with E-state index in [-0.39, 0.29) is 5.78 Å². The second-order valence-electron chi connectivity index (χ2n) is 6.38. The Labute approximate surface area is 167 Å². The zero-order valence-corrected chi connectivity index (χ0v) is 16.4. The molecule has 0 amide bonds. The van der Waals surface area contributed by atoms with Crippen molar-refractivity contribution in [2.45, 2.75) is 25.0 Å². The summed E-state index contributed by atoms with van der Waals surface area (Å²) in [7, 11) is 0. The average molecular weight is 395 g/mol. The van der Waals surface area contributed by atoms with Crippen molar-refractivity contribution in [1.29, 1.82) is 0 Å². The molecule has 2 aromatic carbocycles. The highest BCUT2D eigenvalue weighted by atomic mass is 32.2. The Morgan fingerprint density at radius 1 is 1.07 bits per heavy atom. The second kappa shape index (κ2) is 8.48. The number of rotatable bonds is 7. The van der Waals surface area contributed by atoms with Crippen molar-refractivity contribution in [3.05, 3.63) is 65.5 Å². The van der Waals surface area contributed by atoms with E-state index in [0.717, 1.165) is 23.9 Å². The van der Waals surface area contributed by atoms with E-state index >= 15 is 0 Å². The maximum Gasteiger partial charge on any atom is 0.191 e. The number of aromatic nitrogens is 3. The summed E-state index contributed by atoms with van der Waals surface area (Å²) >= 11 is 1.41. The van der Waals surface area contributed by atoms with E-state index in [1.165, 1.54) is 17.3 Å². The quantitative estimate of drug-likeness (QED) is 0.450. The predicted molar refractivity (Wildman–Crippen MR) is 107 cm³/mol. The molecule has 4 rings (SSSR count). The standard InChI is InChI=1S/C21H21N3O3S/c1-2-24-20(12-15-6-4-3-5-7-15)22-23-21(24)28-14-17(25)16-8-9-18-19(13-16)27-11-10-26-18/h3-9,13H,2,10-12,14H2,1H3. The van der Waals surface area contributed by atoms with Crippen molar-refractivity contribution < 1.29 is 14.3 Å². The molecule has 0 saturated heterocycles. The van der Waals surface area contributed by atoms with E-state index in [2.05, 4.69) is 33.8 Å². The Bertz CT molecular complexity index is 972. The molecule has 0 spiro atoms. The molecule has 1 aliphatic heterocycles. The molecule has 0 aliphatic carbocycles. The van der Waals surface area contributed by atoms with Gasteiger partial charge in [-0.15, -0.1) is 10.2 Å². The number of carbonyl (C=O) groups excluding carboxylic acids is 1. The third-order valence-electron chi connectivity index (χ3n) is 4.51. The van der Waals surface area contributed by atoms with Crippen molar-refractivity contribution in [3.8, 4) is 11.5 Å². The third kappa shape index (κ3) is 4.04. The Morgan fingerprint density at radius 3 is 2.64 bits per heavy atom. The van der Waals surface area contributed by atoms with Gasteiger partial charge in [-0.1, -0.05) is 42.1 Å². The van der Waals surface area contributed by atoms with Crippen LogP contribution in [0, 0.1) is 0 Å². The van der Waals surface area contributed by atoms with Crippen LogP contribution < -0.4 is 9.47 Å². The fourth-order valence-electron chi connectivity index (χ4n) is 3.08. The lowest BCUT2D eigenvalue weighted by molar-refractivity contribution is 0.102. The minimum Gasteiger partial charge on any atom is -0.486 e. The van der Waals surface area contributed by atoms with Crippen LogP contribution in [0.25, 0.3) is 0 Å². The SMILES string of the molecule is CCn1c(Cc2ccccc2)nnc1SCC(=O)c1ccc2c(c1)OCCO2. The third-order valence-corrected chi connectivity index (χ3v) is 5.48. The molecule has 2 heterocycles. The Balaban J connectivity index is 1.44. The summed E-state index contributed by atoms with van der Waals surface area (Å²) in [4.78, 5) is 12.6. The first-order chi connectivity index (χ1) is 13.7. The summed E-state index contributed by atoms with van der Waals surface area (Å²) < 4.78 is 13.1. The van der Waals surface area contributed by atoms with Crippen LogP contribution >= 0.6 is 11.8 Å². The zero-order valence-electron chi connectivity index (χ0n) is 15.6. The molecule has 0 N–H and O–H groups in total. The highest BCUT2D eigenvalue weighted by Crippen LogP contribution is 2.31. The summed E-state index contributed by atoms with van der Waals surface area (Å²) in [6.07, 6.45) is 0.721. The molecule has 0 atom stereocenters. The zero-order chi connectivity index (χ0) is 19.3. The van der Waals surface area contributed by atoms with Gasteiger partial charge in [-0.25, -0.2) is 0 Å². The first kappa shape index (κ1) is 18.6. The summed E-state index contributed by atoms with van der Waals surface area (Å²) in [6.45, 7) is 3.86. The fourth-order valence-corrected chi connectivity index (χ4v) is 4.00. The van der Waals surface area contributed by atoms with Gasteiger partial charge in [-0.2, -0.15) is 0 Å². The van der Waals surface area contributed by atoms with Crippen LogP contribution in [-0.2, 0) is 13.0 Å². The molecule has 144 valence electrons. The molecule has 6 nitrogen and oxygen atoms in total. The first-order valence-corrected chi connectivity index (χ1v) is 10.2. The molecular weight excluding hydrogens is 374 g/mol. The molecule has 3 aromatic rings. The summed E-state index contributed by atoms with van der Waals surface area (Å²) in [5.74, 6) is 2.54. The van der Waals surface area contributed by atoms with Crippen LogP contribution in [0.2, 0.25) is 0 Å². The van der Waals surface area contributed by atoms with Gasteiger partial charge < -0.3 is 14.0 Å². The van der Waals surface area contributed by atoms with Gasteiger partial charge in [-0.3, -0.25) is 4.79 Å². The van der Waals surface area contributed by atoms with Gasteiger partial charge in [0.25, 0.3) is 0 Å². The topological polar surface area (TPSA) is 66.2 Å². The van der Waals surface area contributed by atoms with Crippen molar-refractivity contribution in [2.24, 2.45) is 0 Å². The summed E-state index contributed by atoms with van der Waals surface area (Å²) in [5.41, 5.74) is 1.80. The lowest BCUT2D eigenvalue weighted by Gasteiger charge is -2.18. The molecule has 1 aliphatic rings. The van der Waals surface area contributed by atoms with Gasteiger partial charge in [0.15, 0.2) is 22.4 Å². The van der Waals surface area contributed by atoms with Crippen molar-refractivity contribution in [3.63, 3.8) is 0 Å². The highest BCUT2D eigenvalue weighted by molar-refractivity contribution is 7.99. The smallest absolute Gasteiger partial charge is 0.191 e. The van der Waals surface area contributed by atoms with Gasteiger partial charge in [-0.05, 0) is 30.7 Å². The van der Waals surface area contributed by atoms with E-state index < -0.39 is 0 Å². The van der Waals surface area contributed by atoms with Crippen molar-refractivity contribution >= 4 is 17.5 Å².